The lowest BCUT2D eigenvalue weighted by atomic mass is 9.80. The zero-order valence-electron chi connectivity index (χ0n) is 11.9. The number of carbonyl (C=O) groups is 1. The van der Waals surface area contributed by atoms with E-state index in [2.05, 4.69) is 29.1 Å². The molecule has 0 radical (unpaired) electrons. The van der Waals surface area contributed by atoms with Crippen molar-refractivity contribution in [3.05, 3.63) is 0 Å². The lowest BCUT2D eigenvalue weighted by molar-refractivity contribution is -0.133. The van der Waals surface area contributed by atoms with Crippen molar-refractivity contribution in [1.29, 1.82) is 0 Å². The van der Waals surface area contributed by atoms with Gasteiger partial charge in [-0.2, -0.15) is 0 Å². The van der Waals surface area contributed by atoms with Gasteiger partial charge in [-0.15, -0.1) is 10.2 Å². The van der Waals surface area contributed by atoms with E-state index in [9.17, 15) is 4.79 Å². The molecule has 0 aromatic carbocycles. The minimum Gasteiger partial charge on any atom is -0.481 e. The molecule has 0 atom stereocenters. The van der Waals surface area contributed by atoms with Crippen molar-refractivity contribution in [2.45, 2.75) is 31.5 Å². The number of aromatic nitrogens is 3. The Morgan fingerprint density at radius 1 is 1.45 bits per heavy atom. The van der Waals surface area contributed by atoms with Crippen LogP contribution in [-0.2, 0) is 11.3 Å². The van der Waals surface area contributed by atoms with E-state index < -0.39 is 5.97 Å². The third-order valence-electron chi connectivity index (χ3n) is 3.80. The number of carboxylic acids is 1. The van der Waals surface area contributed by atoms with Crippen molar-refractivity contribution in [1.82, 2.24) is 19.7 Å². The summed E-state index contributed by atoms with van der Waals surface area (Å²) in [5.41, 5.74) is 6.02. The fourth-order valence-corrected chi connectivity index (χ4v) is 3.04. The Balaban J connectivity index is 2.08. The summed E-state index contributed by atoms with van der Waals surface area (Å²) < 4.78 is 1.85. The molecule has 1 aromatic heterocycles. The maximum atomic E-state index is 10.7. The fourth-order valence-electron chi connectivity index (χ4n) is 2.38. The fraction of sp³-hybridized carbons (Fsp3) is 0.750. The molecule has 8 heteroatoms. The van der Waals surface area contributed by atoms with Crippen LogP contribution in [0.1, 0.15) is 19.8 Å². The standard InChI is InChI=1S/C12H21N5O2S/c1-12(3-5-16(2)6-4-12)8-17-10(13)14-15-11(17)20-7-9(18)19/h3-8H2,1-2H3,(H2,13,14)(H,18,19). The average Bonchev–Trinajstić information content (AvgIpc) is 2.72. The molecule has 0 bridgehead atoms. The molecule has 0 spiro atoms. The maximum absolute atomic E-state index is 10.7. The van der Waals surface area contributed by atoms with E-state index in [1.54, 1.807) is 0 Å². The summed E-state index contributed by atoms with van der Waals surface area (Å²) in [6.07, 6.45) is 2.17. The molecule has 1 fully saturated rings. The second-order valence-corrected chi connectivity index (χ2v) is 6.67. The van der Waals surface area contributed by atoms with Gasteiger partial charge in [0.2, 0.25) is 5.95 Å². The van der Waals surface area contributed by atoms with Gasteiger partial charge in [0.15, 0.2) is 5.16 Å². The van der Waals surface area contributed by atoms with Crippen molar-refractivity contribution in [2.24, 2.45) is 5.41 Å². The smallest absolute Gasteiger partial charge is 0.313 e. The van der Waals surface area contributed by atoms with Crippen LogP contribution in [0.3, 0.4) is 0 Å². The van der Waals surface area contributed by atoms with Crippen LogP contribution in [-0.4, -0.2) is 56.6 Å². The van der Waals surface area contributed by atoms with E-state index in [0.717, 1.165) is 44.2 Å². The van der Waals surface area contributed by atoms with Gasteiger partial charge in [-0.1, -0.05) is 18.7 Å². The molecule has 1 aliphatic rings. The minimum atomic E-state index is -0.867. The van der Waals surface area contributed by atoms with E-state index in [-0.39, 0.29) is 11.2 Å². The lowest BCUT2D eigenvalue weighted by Gasteiger charge is -2.38. The molecule has 0 aliphatic carbocycles. The molecular weight excluding hydrogens is 278 g/mol. The number of thioether (sulfide) groups is 1. The largest absolute Gasteiger partial charge is 0.481 e. The third-order valence-corrected chi connectivity index (χ3v) is 4.76. The Labute approximate surface area is 122 Å². The molecule has 3 N–H and O–H groups in total. The predicted molar refractivity (Wildman–Crippen MR) is 77.6 cm³/mol. The van der Waals surface area contributed by atoms with Gasteiger partial charge >= 0.3 is 5.97 Å². The van der Waals surface area contributed by atoms with Gasteiger partial charge < -0.3 is 15.7 Å². The second kappa shape index (κ2) is 6.01. The number of piperidine rings is 1. The Hall–Kier alpha value is -1.28. The van der Waals surface area contributed by atoms with Gasteiger partial charge in [0.25, 0.3) is 0 Å². The number of carboxylic acid groups (broad SMARTS) is 1. The first-order valence-corrected chi connectivity index (χ1v) is 7.60. The first-order chi connectivity index (χ1) is 9.39. The quantitative estimate of drug-likeness (QED) is 0.775. The van der Waals surface area contributed by atoms with Crippen LogP contribution in [0, 0.1) is 5.41 Å². The average molecular weight is 299 g/mol. The first kappa shape index (κ1) is 15.1. The summed E-state index contributed by atoms with van der Waals surface area (Å²) in [5.74, 6) is -0.538. The van der Waals surface area contributed by atoms with Gasteiger partial charge in [0.1, 0.15) is 0 Å². The molecule has 0 unspecified atom stereocenters. The van der Waals surface area contributed by atoms with Crippen molar-refractivity contribution < 1.29 is 9.90 Å². The number of hydrogen-bond acceptors (Lipinski definition) is 6. The molecule has 7 nitrogen and oxygen atoms in total. The van der Waals surface area contributed by atoms with Crippen LogP contribution < -0.4 is 5.73 Å². The van der Waals surface area contributed by atoms with Gasteiger partial charge in [-0.25, -0.2) is 0 Å². The minimum absolute atomic E-state index is 0.0302. The zero-order valence-corrected chi connectivity index (χ0v) is 12.7. The molecule has 0 amide bonds. The number of nitrogens with two attached hydrogens (primary N) is 1. The topological polar surface area (TPSA) is 97.3 Å². The van der Waals surface area contributed by atoms with Gasteiger partial charge in [-0.05, 0) is 38.4 Å². The summed E-state index contributed by atoms with van der Waals surface area (Å²) >= 11 is 1.16. The predicted octanol–water partition coefficient (Wildman–Crippen LogP) is 0.769. The molecule has 1 saturated heterocycles. The number of aliphatic carboxylic acids is 1. The van der Waals surface area contributed by atoms with Crippen LogP contribution in [0.25, 0.3) is 0 Å². The monoisotopic (exact) mass is 299 g/mol. The van der Waals surface area contributed by atoms with Crippen LogP contribution in [0.15, 0.2) is 5.16 Å². The van der Waals surface area contributed by atoms with Crippen LogP contribution in [0.5, 0.6) is 0 Å². The SMILES string of the molecule is CN1CCC(C)(Cn2c(N)nnc2SCC(=O)O)CC1. The van der Waals surface area contributed by atoms with Crippen molar-refractivity contribution in [2.75, 3.05) is 31.6 Å². The van der Waals surface area contributed by atoms with Gasteiger partial charge in [-0.3, -0.25) is 9.36 Å². The van der Waals surface area contributed by atoms with E-state index >= 15 is 0 Å². The zero-order chi connectivity index (χ0) is 14.8. The van der Waals surface area contributed by atoms with E-state index in [4.69, 9.17) is 10.8 Å². The number of nitrogens with zero attached hydrogens (tertiary/aromatic N) is 4. The van der Waals surface area contributed by atoms with Crippen molar-refractivity contribution in [3.8, 4) is 0 Å². The summed E-state index contributed by atoms with van der Waals surface area (Å²) in [5, 5.41) is 17.2. The number of rotatable bonds is 5. The number of anilines is 1. The number of likely N-dealkylation sites (tertiary alicyclic amines) is 1. The molecular formula is C12H21N5O2S. The van der Waals surface area contributed by atoms with Gasteiger partial charge in [0, 0.05) is 6.54 Å². The van der Waals surface area contributed by atoms with Crippen LogP contribution in [0.2, 0.25) is 0 Å². The Morgan fingerprint density at radius 3 is 2.70 bits per heavy atom. The highest BCUT2D eigenvalue weighted by molar-refractivity contribution is 7.99. The Morgan fingerprint density at radius 2 is 2.10 bits per heavy atom. The molecule has 2 heterocycles. The normalized spacial score (nSPS) is 19.1. The second-order valence-electron chi connectivity index (χ2n) is 5.72. The summed E-state index contributed by atoms with van der Waals surface area (Å²) in [6.45, 7) is 5.11. The summed E-state index contributed by atoms with van der Waals surface area (Å²) in [7, 11) is 2.13. The highest BCUT2D eigenvalue weighted by atomic mass is 32.2. The summed E-state index contributed by atoms with van der Waals surface area (Å²) in [4.78, 5) is 13.0. The van der Waals surface area contributed by atoms with Crippen molar-refractivity contribution >= 4 is 23.7 Å². The number of nitrogen functional groups attached to an aromatic ring is 1. The highest BCUT2D eigenvalue weighted by Gasteiger charge is 2.31. The van der Waals surface area contributed by atoms with Gasteiger partial charge in [0.05, 0.1) is 5.75 Å². The third kappa shape index (κ3) is 3.63. The van der Waals surface area contributed by atoms with E-state index in [1.165, 1.54) is 0 Å². The molecule has 1 aromatic rings. The number of hydrogen-bond donors (Lipinski definition) is 2. The molecule has 2 rings (SSSR count). The summed E-state index contributed by atoms with van der Waals surface area (Å²) in [6, 6.07) is 0. The molecule has 112 valence electrons. The maximum Gasteiger partial charge on any atom is 0.313 e. The highest BCUT2D eigenvalue weighted by Crippen LogP contribution is 2.34. The first-order valence-electron chi connectivity index (χ1n) is 6.61. The Kier molecular flexibility index (Phi) is 4.54. The molecule has 20 heavy (non-hydrogen) atoms. The van der Waals surface area contributed by atoms with Crippen molar-refractivity contribution in [3.63, 3.8) is 0 Å². The molecule has 1 aliphatic heterocycles. The van der Waals surface area contributed by atoms with E-state index in [0.29, 0.717) is 11.1 Å². The van der Waals surface area contributed by atoms with Crippen LogP contribution in [0.4, 0.5) is 5.95 Å². The Bertz CT molecular complexity index is 482. The molecule has 0 saturated carbocycles. The lowest BCUT2D eigenvalue weighted by Crippen LogP contribution is -2.38. The van der Waals surface area contributed by atoms with Crippen LogP contribution >= 0.6 is 11.8 Å². The van der Waals surface area contributed by atoms with E-state index in [1.807, 2.05) is 4.57 Å².